The smallest absolute Gasteiger partial charge is 0.410 e. The summed E-state index contributed by atoms with van der Waals surface area (Å²) in [6.07, 6.45) is 0.496. The number of anilines is 1. The predicted octanol–water partition coefficient (Wildman–Crippen LogP) is 2.58. The lowest BCUT2D eigenvalue weighted by Gasteiger charge is -2.24. The Morgan fingerprint density at radius 3 is 2.67 bits per heavy atom. The maximum atomic E-state index is 12.3. The summed E-state index contributed by atoms with van der Waals surface area (Å²) in [6.45, 7) is 7.41. The highest BCUT2D eigenvalue weighted by molar-refractivity contribution is 5.87. The Kier molecular flexibility index (Phi) is 4.15. The fourth-order valence-corrected chi connectivity index (χ4v) is 3.16. The molecule has 0 radical (unpaired) electrons. The molecular formula is C18H25N3O3. The Morgan fingerprint density at radius 1 is 1.29 bits per heavy atom. The van der Waals surface area contributed by atoms with Crippen molar-refractivity contribution in [3.05, 3.63) is 29.3 Å². The summed E-state index contributed by atoms with van der Waals surface area (Å²) in [4.78, 5) is 27.9. The second kappa shape index (κ2) is 6.00. The number of fused-ring (bicyclic) bond motifs is 1. The molecule has 0 aliphatic carbocycles. The predicted molar refractivity (Wildman–Crippen MR) is 91.6 cm³/mol. The molecule has 1 atom stereocenters. The van der Waals surface area contributed by atoms with E-state index < -0.39 is 5.60 Å². The average Bonchev–Trinajstić information content (AvgIpc) is 3.05. The van der Waals surface area contributed by atoms with Crippen molar-refractivity contribution in [2.24, 2.45) is 0 Å². The second-order valence-corrected chi connectivity index (χ2v) is 7.53. The number of rotatable bonds is 2. The van der Waals surface area contributed by atoms with E-state index in [1.165, 1.54) is 0 Å². The molecule has 0 spiro atoms. The van der Waals surface area contributed by atoms with E-state index in [1.54, 1.807) is 9.80 Å². The summed E-state index contributed by atoms with van der Waals surface area (Å²) >= 11 is 0. The molecule has 130 valence electrons. The van der Waals surface area contributed by atoms with Crippen molar-refractivity contribution >= 4 is 17.7 Å². The Morgan fingerprint density at radius 2 is 2.04 bits per heavy atom. The normalized spacial score (nSPS) is 20.3. The highest BCUT2D eigenvalue weighted by atomic mass is 16.6. The molecule has 0 aromatic heterocycles. The van der Waals surface area contributed by atoms with Crippen molar-refractivity contribution in [2.75, 3.05) is 18.9 Å². The molecule has 1 aromatic rings. The molecule has 2 aliphatic heterocycles. The summed E-state index contributed by atoms with van der Waals surface area (Å²) < 4.78 is 5.46. The van der Waals surface area contributed by atoms with Gasteiger partial charge in [0.25, 0.3) is 0 Å². The van der Waals surface area contributed by atoms with E-state index in [-0.39, 0.29) is 18.0 Å². The molecule has 3 rings (SSSR count). The molecule has 2 aliphatic rings. The minimum absolute atomic E-state index is 0.120. The van der Waals surface area contributed by atoms with Gasteiger partial charge in [-0.2, -0.15) is 0 Å². The molecule has 6 heteroatoms. The summed E-state index contributed by atoms with van der Waals surface area (Å²) in [6, 6.07) is 5.77. The first-order valence-electron chi connectivity index (χ1n) is 8.35. The first kappa shape index (κ1) is 16.6. The summed E-state index contributed by atoms with van der Waals surface area (Å²) in [7, 11) is 1.82. The van der Waals surface area contributed by atoms with Crippen molar-refractivity contribution in [3.63, 3.8) is 0 Å². The van der Waals surface area contributed by atoms with Crippen LogP contribution >= 0.6 is 0 Å². The van der Waals surface area contributed by atoms with Crippen molar-refractivity contribution < 1.29 is 14.3 Å². The lowest BCUT2D eigenvalue weighted by atomic mass is 10.1. The van der Waals surface area contributed by atoms with Gasteiger partial charge in [-0.25, -0.2) is 4.79 Å². The van der Waals surface area contributed by atoms with Gasteiger partial charge in [0, 0.05) is 25.8 Å². The Bertz CT molecular complexity index is 666. The van der Waals surface area contributed by atoms with E-state index >= 15 is 0 Å². The van der Waals surface area contributed by atoms with Crippen molar-refractivity contribution in [1.29, 1.82) is 0 Å². The largest absolute Gasteiger partial charge is 0.444 e. The van der Waals surface area contributed by atoms with E-state index in [9.17, 15) is 9.59 Å². The first-order chi connectivity index (χ1) is 11.2. The zero-order chi connectivity index (χ0) is 17.5. The standard InChI is InChI=1S/C18H25N3O3/c1-18(2,3)24-17(23)21-10-12-6-5-7-14(13(12)11-21)19-15-8-9-20(4)16(15)22/h5-7,15,19H,8-11H2,1-4H3/t15-/m0/s1. The molecule has 0 saturated carbocycles. The van der Waals surface area contributed by atoms with E-state index in [0.29, 0.717) is 13.1 Å². The molecule has 1 saturated heterocycles. The molecule has 2 heterocycles. The Hall–Kier alpha value is -2.24. The number of hydrogen-bond acceptors (Lipinski definition) is 4. The van der Waals surface area contributed by atoms with Gasteiger partial charge in [-0.3, -0.25) is 9.69 Å². The van der Waals surface area contributed by atoms with Crippen LogP contribution in [0.5, 0.6) is 0 Å². The van der Waals surface area contributed by atoms with E-state index in [2.05, 4.69) is 5.32 Å². The molecule has 24 heavy (non-hydrogen) atoms. The molecular weight excluding hydrogens is 306 g/mol. The highest BCUT2D eigenvalue weighted by Gasteiger charge is 2.32. The number of hydrogen-bond donors (Lipinski definition) is 1. The fraction of sp³-hybridized carbons (Fsp3) is 0.556. The van der Waals surface area contributed by atoms with Gasteiger partial charge in [-0.1, -0.05) is 12.1 Å². The number of nitrogens with one attached hydrogen (secondary N) is 1. The van der Waals surface area contributed by atoms with Crippen LogP contribution in [0.25, 0.3) is 0 Å². The minimum Gasteiger partial charge on any atom is -0.444 e. The van der Waals surface area contributed by atoms with Crippen LogP contribution in [0.15, 0.2) is 18.2 Å². The maximum Gasteiger partial charge on any atom is 0.410 e. The molecule has 0 unspecified atom stereocenters. The highest BCUT2D eigenvalue weighted by Crippen LogP contribution is 2.31. The molecule has 1 N–H and O–H groups in total. The monoisotopic (exact) mass is 331 g/mol. The number of ether oxygens (including phenoxy) is 1. The zero-order valence-corrected chi connectivity index (χ0v) is 14.8. The third-order valence-electron chi connectivity index (χ3n) is 4.39. The van der Waals surface area contributed by atoms with Gasteiger partial charge in [0.15, 0.2) is 0 Å². The van der Waals surface area contributed by atoms with Gasteiger partial charge in [-0.15, -0.1) is 0 Å². The SMILES string of the molecule is CN1CC[C@H](Nc2cccc3c2CN(C(=O)OC(C)(C)C)C3)C1=O. The van der Waals surface area contributed by atoms with Gasteiger partial charge in [-0.05, 0) is 44.4 Å². The number of amides is 2. The third-order valence-corrected chi connectivity index (χ3v) is 4.39. The number of likely N-dealkylation sites (tertiary alicyclic amines) is 1. The van der Waals surface area contributed by atoms with Crippen LogP contribution in [0.4, 0.5) is 10.5 Å². The van der Waals surface area contributed by atoms with Gasteiger partial charge >= 0.3 is 6.09 Å². The van der Waals surface area contributed by atoms with Gasteiger partial charge in [0.05, 0.1) is 6.54 Å². The minimum atomic E-state index is -0.506. The van der Waals surface area contributed by atoms with E-state index in [4.69, 9.17) is 4.74 Å². The molecule has 1 fully saturated rings. The average molecular weight is 331 g/mol. The number of nitrogens with zero attached hydrogens (tertiary/aromatic N) is 2. The third kappa shape index (κ3) is 3.32. The quantitative estimate of drug-likeness (QED) is 0.905. The summed E-state index contributed by atoms with van der Waals surface area (Å²) in [5, 5.41) is 3.36. The van der Waals surface area contributed by atoms with Crippen LogP contribution in [0.2, 0.25) is 0 Å². The second-order valence-electron chi connectivity index (χ2n) is 7.53. The molecule has 1 aromatic carbocycles. The number of carbonyl (C=O) groups excluding carboxylic acids is 2. The van der Waals surface area contributed by atoms with E-state index in [0.717, 1.165) is 29.8 Å². The molecule has 2 amide bonds. The topological polar surface area (TPSA) is 61.9 Å². The molecule has 0 bridgehead atoms. The maximum absolute atomic E-state index is 12.3. The van der Waals surface area contributed by atoms with Gasteiger partial charge in [0.1, 0.15) is 11.6 Å². The van der Waals surface area contributed by atoms with Crippen LogP contribution < -0.4 is 5.32 Å². The Labute approximate surface area is 142 Å². The number of carbonyl (C=O) groups is 2. The van der Waals surface area contributed by atoms with Gasteiger partial charge in [0.2, 0.25) is 5.91 Å². The lowest BCUT2D eigenvalue weighted by molar-refractivity contribution is -0.127. The summed E-state index contributed by atoms with van der Waals surface area (Å²) in [5.41, 5.74) is 2.61. The van der Waals surface area contributed by atoms with Crippen LogP contribution in [0, 0.1) is 0 Å². The van der Waals surface area contributed by atoms with Crippen molar-refractivity contribution in [2.45, 2.75) is 51.9 Å². The fourth-order valence-electron chi connectivity index (χ4n) is 3.16. The zero-order valence-electron chi connectivity index (χ0n) is 14.8. The van der Waals surface area contributed by atoms with Crippen LogP contribution in [-0.2, 0) is 22.6 Å². The van der Waals surface area contributed by atoms with Gasteiger partial charge < -0.3 is 15.0 Å². The number of benzene rings is 1. The lowest BCUT2D eigenvalue weighted by Crippen LogP contribution is -2.33. The Balaban J connectivity index is 1.73. The van der Waals surface area contributed by atoms with Crippen molar-refractivity contribution in [3.8, 4) is 0 Å². The molecule has 6 nitrogen and oxygen atoms in total. The van der Waals surface area contributed by atoms with Crippen LogP contribution in [-0.4, -0.2) is 47.0 Å². The number of likely N-dealkylation sites (N-methyl/N-ethyl adjacent to an activating group) is 1. The first-order valence-corrected chi connectivity index (χ1v) is 8.35. The van der Waals surface area contributed by atoms with E-state index in [1.807, 2.05) is 46.0 Å². The van der Waals surface area contributed by atoms with Crippen molar-refractivity contribution in [1.82, 2.24) is 9.80 Å². The summed E-state index contributed by atoms with van der Waals surface area (Å²) in [5.74, 6) is 0.120. The van der Waals surface area contributed by atoms with Crippen LogP contribution in [0.3, 0.4) is 0 Å². The van der Waals surface area contributed by atoms with Crippen LogP contribution in [0.1, 0.15) is 38.3 Å².